The zero-order chi connectivity index (χ0) is 9.10. The van der Waals surface area contributed by atoms with E-state index in [0.29, 0.717) is 6.54 Å². The molecule has 68 valence electrons. The number of aromatic amines is 1. The van der Waals surface area contributed by atoms with Crippen molar-refractivity contribution in [2.75, 3.05) is 0 Å². The molecule has 0 aliphatic carbocycles. The van der Waals surface area contributed by atoms with E-state index in [-0.39, 0.29) is 0 Å². The number of H-pyrrole nitrogens is 1. The maximum Gasteiger partial charge on any atom is 0.104 e. The lowest BCUT2D eigenvalue weighted by atomic mass is 10.3. The van der Waals surface area contributed by atoms with Crippen molar-refractivity contribution >= 4 is 0 Å². The quantitative estimate of drug-likeness (QED) is 0.747. The van der Waals surface area contributed by atoms with Gasteiger partial charge in [-0.05, 0) is 12.0 Å². The third-order valence-electron chi connectivity index (χ3n) is 1.88. The first-order valence-electron chi connectivity index (χ1n) is 4.24. The predicted molar refractivity (Wildman–Crippen MR) is 47.1 cm³/mol. The average Bonchev–Trinajstić information content (AvgIpc) is 2.76. The molecular formula is C8H11N5. The van der Waals surface area contributed by atoms with E-state index in [9.17, 15) is 0 Å². The lowest BCUT2D eigenvalue weighted by molar-refractivity contribution is 0.669. The van der Waals surface area contributed by atoms with Crippen molar-refractivity contribution in [3.05, 3.63) is 29.8 Å². The normalized spacial score (nSPS) is 10.5. The first-order chi connectivity index (χ1) is 6.38. The number of rotatable bonds is 3. The van der Waals surface area contributed by atoms with Crippen molar-refractivity contribution in [2.45, 2.75) is 19.9 Å². The minimum Gasteiger partial charge on any atom is -0.266 e. The summed E-state index contributed by atoms with van der Waals surface area (Å²) in [5, 5.41) is 14.4. The lowest BCUT2D eigenvalue weighted by Crippen LogP contribution is -1.99. The molecule has 2 rings (SSSR count). The van der Waals surface area contributed by atoms with Crippen molar-refractivity contribution < 1.29 is 0 Å². The Hall–Kier alpha value is -1.65. The van der Waals surface area contributed by atoms with Crippen molar-refractivity contribution in [1.82, 2.24) is 25.2 Å². The summed E-state index contributed by atoms with van der Waals surface area (Å²) in [6, 6.07) is 0. The van der Waals surface area contributed by atoms with Crippen molar-refractivity contribution in [2.24, 2.45) is 0 Å². The molecule has 2 aromatic rings. The highest BCUT2D eigenvalue weighted by Crippen LogP contribution is 2.00. The van der Waals surface area contributed by atoms with Crippen LogP contribution in [0.25, 0.3) is 0 Å². The minimum absolute atomic E-state index is 0.677. The fraction of sp³-hybridized carbons (Fsp3) is 0.375. The number of aromatic nitrogens is 5. The first-order valence-corrected chi connectivity index (χ1v) is 4.24. The van der Waals surface area contributed by atoms with Crippen LogP contribution in [0.5, 0.6) is 0 Å². The van der Waals surface area contributed by atoms with Crippen molar-refractivity contribution in [1.29, 1.82) is 0 Å². The molecule has 0 saturated carbocycles. The Balaban J connectivity index is 2.10. The Labute approximate surface area is 75.8 Å². The van der Waals surface area contributed by atoms with Gasteiger partial charge in [0.25, 0.3) is 0 Å². The summed E-state index contributed by atoms with van der Waals surface area (Å²) in [7, 11) is 0. The summed E-state index contributed by atoms with van der Waals surface area (Å²) in [4.78, 5) is 0. The second-order valence-electron chi connectivity index (χ2n) is 2.86. The summed E-state index contributed by atoms with van der Waals surface area (Å²) in [6.45, 7) is 2.79. The van der Waals surface area contributed by atoms with Gasteiger partial charge < -0.3 is 0 Å². The SMILES string of the molecule is CCc1cnn(Cc2cn[nH]n2)c1. The Morgan fingerprint density at radius 2 is 2.38 bits per heavy atom. The van der Waals surface area contributed by atoms with E-state index in [0.717, 1.165) is 12.1 Å². The van der Waals surface area contributed by atoms with Gasteiger partial charge in [0.05, 0.1) is 18.9 Å². The fourth-order valence-corrected chi connectivity index (χ4v) is 1.14. The highest BCUT2D eigenvalue weighted by molar-refractivity contribution is 5.04. The van der Waals surface area contributed by atoms with E-state index < -0.39 is 0 Å². The molecule has 2 aromatic heterocycles. The van der Waals surface area contributed by atoms with E-state index >= 15 is 0 Å². The Bertz CT molecular complexity index is 362. The molecule has 0 aliphatic rings. The topological polar surface area (TPSA) is 59.4 Å². The number of hydrogen-bond donors (Lipinski definition) is 1. The molecule has 0 radical (unpaired) electrons. The molecule has 0 spiro atoms. The van der Waals surface area contributed by atoms with Crippen LogP contribution in [0, 0.1) is 0 Å². The molecule has 0 amide bonds. The van der Waals surface area contributed by atoms with Gasteiger partial charge >= 0.3 is 0 Å². The summed E-state index contributed by atoms with van der Waals surface area (Å²) >= 11 is 0. The predicted octanol–water partition coefficient (Wildman–Crippen LogP) is 0.612. The van der Waals surface area contributed by atoms with Gasteiger partial charge in [0.2, 0.25) is 0 Å². The van der Waals surface area contributed by atoms with Crippen LogP contribution in [-0.2, 0) is 13.0 Å². The maximum absolute atomic E-state index is 4.20. The number of aryl methyl sites for hydroxylation is 1. The number of hydrogen-bond acceptors (Lipinski definition) is 3. The molecule has 0 saturated heterocycles. The summed E-state index contributed by atoms with van der Waals surface area (Å²) in [5.74, 6) is 0. The Morgan fingerprint density at radius 3 is 3.00 bits per heavy atom. The smallest absolute Gasteiger partial charge is 0.104 e. The van der Waals surface area contributed by atoms with Crippen LogP contribution in [0.15, 0.2) is 18.6 Å². The number of nitrogens with zero attached hydrogens (tertiary/aromatic N) is 4. The van der Waals surface area contributed by atoms with Gasteiger partial charge in [0, 0.05) is 6.20 Å². The van der Waals surface area contributed by atoms with Crippen LogP contribution in [-0.4, -0.2) is 25.2 Å². The zero-order valence-corrected chi connectivity index (χ0v) is 7.44. The van der Waals surface area contributed by atoms with Gasteiger partial charge in [-0.15, -0.1) is 0 Å². The van der Waals surface area contributed by atoms with Crippen molar-refractivity contribution in [3.8, 4) is 0 Å². The van der Waals surface area contributed by atoms with Gasteiger partial charge in [-0.2, -0.15) is 20.5 Å². The number of nitrogens with one attached hydrogen (secondary N) is 1. The summed E-state index contributed by atoms with van der Waals surface area (Å²) in [5.41, 5.74) is 2.13. The molecule has 0 aromatic carbocycles. The Morgan fingerprint density at radius 1 is 1.46 bits per heavy atom. The third kappa shape index (κ3) is 1.74. The molecule has 0 atom stereocenters. The largest absolute Gasteiger partial charge is 0.266 e. The van der Waals surface area contributed by atoms with E-state index in [4.69, 9.17) is 0 Å². The minimum atomic E-state index is 0.677. The van der Waals surface area contributed by atoms with Gasteiger partial charge in [0.15, 0.2) is 0 Å². The Kier molecular flexibility index (Phi) is 2.08. The van der Waals surface area contributed by atoms with E-state index in [1.807, 2.05) is 17.1 Å². The molecule has 5 heteroatoms. The fourth-order valence-electron chi connectivity index (χ4n) is 1.14. The van der Waals surface area contributed by atoms with Crippen LogP contribution in [0.1, 0.15) is 18.2 Å². The molecule has 0 fully saturated rings. The van der Waals surface area contributed by atoms with Crippen LogP contribution in [0.2, 0.25) is 0 Å². The average molecular weight is 177 g/mol. The van der Waals surface area contributed by atoms with E-state index in [1.54, 1.807) is 6.20 Å². The van der Waals surface area contributed by atoms with Gasteiger partial charge in [-0.25, -0.2) is 0 Å². The second-order valence-corrected chi connectivity index (χ2v) is 2.86. The maximum atomic E-state index is 4.20. The van der Waals surface area contributed by atoms with Gasteiger partial charge in [-0.3, -0.25) is 4.68 Å². The third-order valence-corrected chi connectivity index (χ3v) is 1.88. The van der Waals surface area contributed by atoms with Crippen LogP contribution in [0.3, 0.4) is 0 Å². The zero-order valence-electron chi connectivity index (χ0n) is 7.44. The highest BCUT2D eigenvalue weighted by atomic mass is 15.3. The molecule has 13 heavy (non-hydrogen) atoms. The molecule has 5 nitrogen and oxygen atoms in total. The molecule has 0 aliphatic heterocycles. The monoisotopic (exact) mass is 177 g/mol. The summed E-state index contributed by atoms with van der Waals surface area (Å²) in [6.07, 6.45) is 6.61. The lowest BCUT2D eigenvalue weighted by Gasteiger charge is -1.94. The first kappa shape index (κ1) is 7.97. The molecular weight excluding hydrogens is 166 g/mol. The van der Waals surface area contributed by atoms with Crippen molar-refractivity contribution in [3.63, 3.8) is 0 Å². The van der Waals surface area contributed by atoms with E-state index in [2.05, 4.69) is 27.4 Å². The molecule has 2 heterocycles. The second kappa shape index (κ2) is 3.38. The molecule has 0 bridgehead atoms. The molecule has 1 N–H and O–H groups in total. The van der Waals surface area contributed by atoms with Gasteiger partial charge in [0.1, 0.15) is 5.69 Å². The molecule has 0 unspecified atom stereocenters. The van der Waals surface area contributed by atoms with Gasteiger partial charge in [-0.1, -0.05) is 6.92 Å². The standard InChI is InChI=1S/C8H11N5/c1-2-7-3-10-13(5-7)6-8-4-9-12-11-8/h3-5H,2,6H2,1H3,(H,9,11,12). The van der Waals surface area contributed by atoms with Crippen LogP contribution < -0.4 is 0 Å². The van der Waals surface area contributed by atoms with Crippen LogP contribution >= 0.6 is 0 Å². The highest BCUT2D eigenvalue weighted by Gasteiger charge is 1.99. The van der Waals surface area contributed by atoms with Crippen LogP contribution in [0.4, 0.5) is 0 Å². The summed E-state index contributed by atoms with van der Waals surface area (Å²) < 4.78 is 1.86. The van der Waals surface area contributed by atoms with E-state index in [1.165, 1.54) is 5.56 Å².